The van der Waals surface area contributed by atoms with Crippen LogP contribution in [-0.4, -0.2) is 18.1 Å². The highest BCUT2D eigenvalue weighted by Crippen LogP contribution is 2.25. The van der Waals surface area contributed by atoms with Crippen LogP contribution in [0.4, 0.5) is 5.69 Å². The van der Waals surface area contributed by atoms with E-state index in [0.29, 0.717) is 12.2 Å². The van der Waals surface area contributed by atoms with Gasteiger partial charge in [-0.25, -0.2) is 4.79 Å². The van der Waals surface area contributed by atoms with E-state index in [-0.39, 0.29) is 5.56 Å². The Morgan fingerprint density at radius 1 is 1.44 bits per heavy atom. The van der Waals surface area contributed by atoms with Gasteiger partial charge in [-0.3, -0.25) is 0 Å². The monoisotopic (exact) mass is 309 g/mol. The van der Waals surface area contributed by atoms with Gasteiger partial charge in [-0.2, -0.15) is 0 Å². The fourth-order valence-electron chi connectivity index (χ4n) is 1.73. The number of rotatable bonds is 4. The summed E-state index contributed by atoms with van der Waals surface area (Å²) >= 11 is 3.27. The minimum absolute atomic E-state index is 0.262. The number of benzene rings is 1. The summed E-state index contributed by atoms with van der Waals surface area (Å²) in [5.41, 5.74) is 0.917. The van der Waals surface area contributed by atoms with Gasteiger partial charge in [0.05, 0.1) is 24.1 Å². The number of hydrogen-bond donors (Lipinski definition) is 1. The summed E-state index contributed by atoms with van der Waals surface area (Å²) in [5.74, 6) is -0.158. The van der Waals surface area contributed by atoms with Crippen molar-refractivity contribution in [2.45, 2.75) is 6.54 Å². The molecule has 2 rings (SSSR count). The van der Waals surface area contributed by atoms with Gasteiger partial charge in [0.15, 0.2) is 0 Å². The first-order valence-corrected chi connectivity index (χ1v) is 6.13. The standard InChI is InChI=1S/C13H12BrNO3/c1-15(8-10-3-2-6-18-10)12-5-4-9(14)7-11(12)13(16)17/h2-7H,8H2,1H3,(H,16,17). The SMILES string of the molecule is CN(Cc1ccco1)c1ccc(Br)cc1C(=O)O. The van der Waals surface area contributed by atoms with Crippen LogP contribution in [0.5, 0.6) is 0 Å². The van der Waals surface area contributed by atoms with Gasteiger partial charge >= 0.3 is 5.97 Å². The van der Waals surface area contributed by atoms with Crippen molar-refractivity contribution in [2.75, 3.05) is 11.9 Å². The molecule has 94 valence electrons. The summed E-state index contributed by atoms with van der Waals surface area (Å²) in [6.07, 6.45) is 1.60. The topological polar surface area (TPSA) is 53.7 Å². The molecular weight excluding hydrogens is 298 g/mol. The first-order chi connectivity index (χ1) is 8.58. The molecule has 2 aromatic rings. The van der Waals surface area contributed by atoms with Crippen LogP contribution in [0.2, 0.25) is 0 Å². The summed E-state index contributed by atoms with van der Waals surface area (Å²) in [6.45, 7) is 0.523. The first kappa shape index (κ1) is 12.7. The summed E-state index contributed by atoms with van der Waals surface area (Å²) < 4.78 is 6.00. The Balaban J connectivity index is 2.29. The first-order valence-electron chi connectivity index (χ1n) is 5.34. The van der Waals surface area contributed by atoms with E-state index in [4.69, 9.17) is 4.42 Å². The number of hydrogen-bond acceptors (Lipinski definition) is 3. The molecule has 0 unspecified atom stereocenters. The number of halogens is 1. The third-order valence-corrected chi connectivity index (χ3v) is 3.07. The molecule has 1 aromatic carbocycles. The van der Waals surface area contributed by atoms with Crippen LogP contribution in [0.3, 0.4) is 0 Å². The molecule has 0 atom stereocenters. The van der Waals surface area contributed by atoms with Crippen molar-refractivity contribution in [3.63, 3.8) is 0 Å². The van der Waals surface area contributed by atoms with E-state index in [0.717, 1.165) is 10.2 Å². The molecule has 0 aliphatic carbocycles. The van der Waals surface area contributed by atoms with E-state index in [1.165, 1.54) is 0 Å². The van der Waals surface area contributed by atoms with Crippen LogP contribution in [0.25, 0.3) is 0 Å². The Morgan fingerprint density at radius 3 is 2.83 bits per heavy atom. The van der Waals surface area contributed by atoms with Crippen LogP contribution in [-0.2, 0) is 6.54 Å². The predicted octanol–water partition coefficient (Wildman–Crippen LogP) is 3.38. The van der Waals surface area contributed by atoms with Gasteiger partial charge in [0.2, 0.25) is 0 Å². The summed E-state index contributed by atoms with van der Waals surface area (Å²) in [7, 11) is 1.83. The highest BCUT2D eigenvalue weighted by Gasteiger charge is 2.14. The smallest absolute Gasteiger partial charge is 0.337 e. The number of aromatic carboxylic acids is 1. The van der Waals surface area contributed by atoms with Crippen molar-refractivity contribution in [2.24, 2.45) is 0 Å². The lowest BCUT2D eigenvalue weighted by Crippen LogP contribution is -2.19. The van der Waals surface area contributed by atoms with E-state index in [1.54, 1.807) is 18.4 Å². The van der Waals surface area contributed by atoms with Gasteiger partial charge in [-0.15, -0.1) is 0 Å². The van der Waals surface area contributed by atoms with Gasteiger partial charge in [0.1, 0.15) is 5.76 Å². The van der Waals surface area contributed by atoms with Crippen molar-refractivity contribution in [3.8, 4) is 0 Å². The molecule has 0 saturated carbocycles. The number of furan rings is 1. The Hall–Kier alpha value is -1.75. The maximum atomic E-state index is 11.2. The number of carboxylic acids is 1. The molecule has 18 heavy (non-hydrogen) atoms. The lowest BCUT2D eigenvalue weighted by Gasteiger charge is -2.20. The molecule has 5 heteroatoms. The zero-order chi connectivity index (χ0) is 13.1. The highest BCUT2D eigenvalue weighted by molar-refractivity contribution is 9.10. The molecule has 0 aliphatic rings. The van der Waals surface area contributed by atoms with Crippen molar-refractivity contribution in [1.82, 2.24) is 0 Å². The maximum Gasteiger partial charge on any atom is 0.337 e. The number of anilines is 1. The highest BCUT2D eigenvalue weighted by atomic mass is 79.9. The summed E-state index contributed by atoms with van der Waals surface area (Å²) in [6, 6.07) is 8.85. The van der Waals surface area contributed by atoms with Gasteiger partial charge in [-0.1, -0.05) is 15.9 Å². The molecule has 0 spiro atoms. The number of nitrogens with zero attached hydrogens (tertiary/aromatic N) is 1. The minimum atomic E-state index is -0.947. The Bertz CT molecular complexity index is 551. The molecule has 0 aliphatic heterocycles. The second-order valence-electron chi connectivity index (χ2n) is 3.90. The van der Waals surface area contributed by atoms with Crippen LogP contribution in [0.1, 0.15) is 16.1 Å². The Morgan fingerprint density at radius 2 is 2.22 bits per heavy atom. The Kier molecular flexibility index (Phi) is 3.72. The Labute approximate surface area is 113 Å². The lowest BCUT2D eigenvalue weighted by atomic mass is 10.1. The maximum absolute atomic E-state index is 11.2. The fraction of sp³-hybridized carbons (Fsp3) is 0.154. The minimum Gasteiger partial charge on any atom is -0.478 e. The lowest BCUT2D eigenvalue weighted by molar-refractivity contribution is 0.0697. The normalized spacial score (nSPS) is 10.3. The molecule has 1 aromatic heterocycles. The third kappa shape index (κ3) is 2.73. The zero-order valence-electron chi connectivity index (χ0n) is 9.76. The molecule has 0 radical (unpaired) electrons. The van der Waals surface area contributed by atoms with E-state index in [9.17, 15) is 9.90 Å². The zero-order valence-corrected chi connectivity index (χ0v) is 11.3. The largest absolute Gasteiger partial charge is 0.478 e. The quantitative estimate of drug-likeness (QED) is 0.940. The molecule has 1 heterocycles. The van der Waals surface area contributed by atoms with Crippen LogP contribution >= 0.6 is 15.9 Å². The van der Waals surface area contributed by atoms with Gasteiger partial charge in [0.25, 0.3) is 0 Å². The second-order valence-corrected chi connectivity index (χ2v) is 4.82. The average molecular weight is 310 g/mol. The van der Waals surface area contributed by atoms with E-state index in [2.05, 4.69) is 15.9 Å². The van der Waals surface area contributed by atoms with Crippen molar-refractivity contribution in [3.05, 3.63) is 52.4 Å². The number of carboxylic acid groups (broad SMARTS) is 1. The summed E-state index contributed by atoms with van der Waals surface area (Å²) in [5, 5.41) is 9.19. The molecule has 0 bridgehead atoms. The predicted molar refractivity (Wildman–Crippen MR) is 71.9 cm³/mol. The van der Waals surface area contributed by atoms with Gasteiger partial charge in [0, 0.05) is 11.5 Å². The molecule has 1 N–H and O–H groups in total. The van der Waals surface area contributed by atoms with Crippen LogP contribution in [0, 0.1) is 0 Å². The van der Waals surface area contributed by atoms with E-state index in [1.807, 2.05) is 30.1 Å². The molecular formula is C13H12BrNO3. The van der Waals surface area contributed by atoms with Crippen LogP contribution in [0.15, 0.2) is 45.5 Å². The molecule has 0 saturated heterocycles. The fourth-order valence-corrected chi connectivity index (χ4v) is 2.09. The number of carbonyl (C=O) groups is 1. The average Bonchev–Trinajstić information content (AvgIpc) is 2.81. The van der Waals surface area contributed by atoms with Crippen molar-refractivity contribution in [1.29, 1.82) is 0 Å². The third-order valence-electron chi connectivity index (χ3n) is 2.57. The van der Waals surface area contributed by atoms with Crippen LogP contribution < -0.4 is 4.90 Å². The van der Waals surface area contributed by atoms with E-state index < -0.39 is 5.97 Å². The van der Waals surface area contributed by atoms with Gasteiger partial charge < -0.3 is 14.4 Å². The van der Waals surface area contributed by atoms with Crippen molar-refractivity contribution >= 4 is 27.6 Å². The van der Waals surface area contributed by atoms with Gasteiger partial charge in [-0.05, 0) is 30.3 Å². The molecule has 0 fully saturated rings. The second kappa shape index (κ2) is 5.27. The molecule has 0 amide bonds. The summed E-state index contributed by atoms with van der Waals surface area (Å²) in [4.78, 5) is 13.1. The molecule has 4 nitrogen and oxygen atoms in total. The van der Waals surface area contributed by atoms with Crippen molar-refractivity contribution < 1.29 is 14.3 Å². The van der Waals surface area contributed by atoms with E-state index >= 15 is 0 Å².